The highest BCUT2D eigenvalue weighted by Crippen LogP contribution is 2.31. The van der Waals surface area contributed by atoms with Crippen LogP contribution < -0.4 is 0 Å². The Balaban J connectivity index is 1.54. The molecule has 0 radical (unpaired) electrons. The van der Waals surface area contributed by atoms with Crippen molar-refractivity contribution in [3.63, 3.8) is 0 Å². The zero-order chi connectivity index (χ0) is 16.9. The van der Waals surface area contributed by atoms with Crippen LogP contribution in [0.2, 0.25) is 0 Å². The summed E-state index contributed by atoms with van der Waals surface area (Å²) >= 11 is 0. The van der Waals surface area contributed by atoms with Gasteiger partial charge in [-0.15, -0.1) is 5.10 Å². The number of aromatic amines is 1. The van der Waals surface area contributed by atoms with E-state index < -0.39 is 17.8 Å². The molecular weight excluding hydrogens is 329 g/mol. The van der Waals surface area contributed by atoms with Crippen molar-refractivity contribution < 1.29 is 22.7 Å². The predicted molar refractivity (Wildman–Crippen MR) is 71.7 cm³/mol. The van der Waals surface area contributed by atoms with Crippen molar-refractivity contribution in [1.82, 2.24) is 30.1 Å². The van der Waals surface area contributed by atoms with Crippen molar-refractivity contribution in [2.24, 2.45) is 0 Å². The molecule has 128 valence electrons. The van der Waals surface area contributed by atoms with Gasteiger partial charge in [-0.25, -0.2) is 4.68 Å². The molecule has 0 aliphatic carbocycles. The first-order valence-electron chi connectivity index (χ1n) is 7.36. The highest BCUT2D eigenvalue weighted by Gasteiger charge is 2.39. The fourth-order valence-electron chi connectivity index (χ4n) is 3.10. The number of carbonyl (C=O) groups excluding carboxylic acids is 1. The molecule has 2 unspecified atom stereocenters. The van der Waals surface area contributed by atoms with Crippen LogP contribution in [0.4, 0.5) is 13.2 Å². The molecule has 4 heterocycles. The number of H-pyrrole nitrogens is 1. The molecular formula is C13H13F3N6O2. The maximum absolute atomic E-state index is 12.6. The predicted octanol–water partition coefficient (Wildman–Crippen LogP) is 1.01. The largest absolute Gasteiger partial charge is 0.432 e. The van der Waals surface area contributed by atoms with Crippen LogP contribution in [-0.2, 0) is 17.5 Å². The molecule has 2 aromatic rings. The van der Waals surface area contributed by atoms with Gasteiger partial charge < -0.3 is 9.64 Å². The van der Waals surface area contributed by atoms with Gasteiger partial charge in [0.25, 0.3) is 5.91 Å². The zero-order valence-corrected chi connectivity index (χ0v) is 12.3. The van der Waals surface area contributed by atoms with Crippen LogP contribution in [0.5, 0.6) is 0 Å². The van der Waals surface area contributed by atoms with E-state index in [1.807, 2.05) is 5.10 Å². The summed E-state index contributed by atoms with van der Waals surface area (Å²) in [6.07, 6.45) is -2.48. The van der Waals surface area contributed by atoms with Crippen LogP contribution in [0.15, 0.2) is 12.3 Å². The van der Waals surface area contributed by atoms with Crippen LogP contribution in [0.3, 0.4) is 0 Å². The molecule has 2 aromatic heterocycles. The lowest BCUT2D eigenvalue weighted by atomic mass is 10.00. The second-order valence-corrected chi connectivity index (χ2v) is 5.79. The fraction of sp³-hybridized carbons (Fsp3) is 0.538. The molecule has 2 aliphatic rings. The Kier molecular flexibility index (Phi) is 3.34. The summed E-state index contributed by atoms with van der Waals surface area (Å²) in [6, 6.07) is 0.530. The summed E-state index contributed by atoms with van der Waals surface area (Å²) in [5, 5.41) is 13.2. The maximum Gasteiger partial charge on any atom is 0.432 e. The quantitative estimate of drug-likeness (QED) is 0.835. The molecule has 0 saturated carbocycles. The van der Waals surface area contributed by atoms with E-state index in [2.05, 4.69) is 15.4 Å². The van der Waals surface area contributed by atoms with E-state index in [1.54, 1.807) is 10.9 Å². The van der Waals surface area contributed by atoms with E-state index in [0.717, 1.165) is 11.8 Å². The van der Waals surface area contributed by atoms with Crippen molar-refractivity contribution in [3.05, 3.63) is 29.3 Å². The number of ether oxygens (including phenoxy) is 1. The van der Waals surface area contributed by atoms with Crippen molar-refractivity contribution in [2.75, 3.05) is 13.1 Å². The van der Waals surface area contributed by atoms with Gasteiger partial charge in [-0.2, -0.15) is 18.3 Å². The van der Waals surface area contributed by atoms with Gasteiger partial charge in [0.1, 0.15) is 5.69 Å². The number of nitrogens with one attached hydrogen (secondary N) is 1. The van der Waals surface area contributed by atoms with Crippen LogP contribution >= 0.6 is 0 Å². The smallest absolute Gasteiger partial charge is 0.370 e. The summed E-state index contributed by atoms with van der Waals surface area (Å²) in [4.78, 5) is 13.9. The summed E-state index contributed by atoms with van der Waals surface area (Å²) in [5.41, 5.74) is -0.485. The number of piperidine rings is 1. The first-order valence-corrected chi connectivity index (χ1v) is 7.36. The van der Waals surface area contributed by atoms with E-state index in [0.29, 0.717) is 19.6 Å². The summed E-state index contributed by atoms with van der Waals surface area (Å²) in [7, 11) is 0. The SMILES string of the molecule is O=C(c1cc(C(F)(F)F)[nH]n1)N1CCC2OCc3cnnn3C2C1. The van der Waals surface area contributed by atoms with Gasteiger partial charge in [0.2, 0.25) is 0 Å². The normalized spacial score (nSPS) is 23.7. The fourth-order valence-corrected chi connectivity index (χ4v) is 3.10. The van der Waals surface area contributed by atoms with Crippen molar-refractivity contribution >= 4 is 5.91 Å². The number of halogens is 3. The van der Waals surface area contributed by atoms with Crippen molar-refractivity contribution in [1.29, 1.82) is 0 Å². The van der Waals surface area contributed by atoms with Crippen LogP contribution in [0.1, 0.15) is 34.3 Å². The minimum atomic E-state index is -4.56. The Bertz CT molecular complexity index is 770. The van der Waals surface area contributed by atoms with E-state index in [4.69, 9.17) is 4.74 Å². The van der Waals surface area contributed by atoms with E-state index in [9.17, 15) is 18.0 Å². The minimum Gasteiger partial charge on any atom is -0.370 e. The third-order valence-electron chi connectivity index (χ3n) is 4.32. The third kappa shape index (κ3) is 2.44. The number of alkyl halides is 3. The van der Waals surface area contributed by atoms with Gasteiger partial charge in [0.15, 0.2) is 5.69 Å². The molecule has 2 aliphatic heterocycles. The number of hydrogen-bond donors (Lipinski definition) is 1. The maximum atomic E-state index is 12.6. The Hall–Kier alpha value is -2.43. The third-order valence-corrected chi connectivity index (χ3v) is 4.32. The summed E-state index contributed by atoms with van der Waals surface area (Å²) in [6.45, 7) is 1.09. The lowest BCUT2D eigenvalue weighted by molar-refractivity contribution is -0.141. The number of hydrogen-bond acceptors (Lipinski definition) is 5. The first-order chi connectivity index (χ1) is 11.4. The average Bonchev–Trinajstić information content (AvgIpc) is 3.22. The number of likely N-dealkylation sites (tertiary alicyclic amines) is 1. The molecule has 11 heteroatoms. The number of amides is 1. The summed E-state index contributed by atoms with van der Waals surface area (Å²) < 4.78 is 45.3. The molecule has 4 rings (SSSR count). The van der Waals surface area contributed by atoms with Gasteiger partial charge >= 0.3 is 6.18 Å². The number of fused-ring (bicyclic) bond motifs is 3. The van der Waals surface area contributed by atoms with Crippen LogP contribution in [0, 0.1) is 0 Å². The Morgan fingerprint density at radius 1 is 1.42 bits per heavy atom. The lowest BCUT2D eigenvalue weighted by Crippen LogP contribution is -2.50. The number of nitrogens with zero attached hydrogens (tertiary/aromatic N) is 5. The van der Waals surface area contributed by atoms with E-state index in [-0.39, 0.29) is 24.4 Å². The Labute approximate surface area is 133 Å². The van der Waals surface area contributed by atoms with E-state index in [1.165, 1.54) is 4.90 Å². The number of aromatic nitrogens is 5. The molecule has 2 atom stereocenters. The highest BCUT2D eigenvalue weighted by molar-refractivity contribution is 5.92. The molecule has 0 bridgehead atoms. The van der Waals surface area contributed by atoms with Gasteiger partial charge in [-0.3, -0.25) is 9.89 Å². The molecule has 1 fully saturated rings. The van der Waals surface area contributed by atoms with Gasteiger partial charge in [-0.1, -0.05) is 5.21 Å². The Morgan fingerprint density at radius 2 is 2.25 bits per heavy atom. The topological polar surface area (TPSA) is 88.9 Å². The molecule has 0 aromatic carbocycles. The van der Waals surface area contributed by atoms with Gasteiger partial charge in [0, 0.05) is 19.2 Å². The molecule has 1 N–H and O–H groups in total. The number of rotatable bonds is 1. The summed E-state index contributed by atoms with van der Waals surface area (Å²) in [5.74, 6) is -0.549. The highest BCUT2D eigenvalue weighted by atomic mass is 19.4. The molecule has 1 saturated heterocycles. The molecule has 1 amide bonds. The van der Waals surface area contributed by atoms with Gasteiger partial charge in [0.05, 0.1) is 30.6 Å². The minimum absolute atomic E-state index is 0.0897. The second-order valence-electron chi connectivity index (χ2n) is 5.79. The lowest BCUT2D eigenvalue weighted by Gasteiger charge is -2.40. The van der Waals surface area contributed by atoms with Crippen molar-refractivity contribution in [2.45, 2.75) is 31.3 Å². The monoisotopic (exact) mass is 342 g/mol. The van der Waals surface area contributed by atoms with Gasteiger partial charge in [-0.05, 0) is 6.42 Å². The zero-order valence-electron chi connectivity index (χ0n) is 12.3. The van der Waals surface area contributed by atoms with E-state index >= 15 is 0 Å². The molecule has 24 heavy (non-hydrogen) atoms. The molecule has 8 nitrogen and oxygen atoms in total. The molecule has 0 spiro atoms. The average molecular weight is 342 g/mol. The van der Waals surface area contributed by atoms with Crippen molar-refractivity contribution in [3.8, 4) is 0 Å². The Morgan fingerprint density at radius 3 is 3.00 bits per heavy atom. The van der Waals surface area contributed by atoms with Crippen LogP contribution in [0.25, 0.3) is 0 Å². The number of carbonyl (C=O) groups is 1. The first kappa shape index (κ1) is 15.1. The second kappa shape index (κ2) is 5.30. The standard InChI is InChI=1S/C13H13F3N6O2/c14-13(15,16)11-3-8(18-19-11)12(23)21-2-1-10-9(5-21)22-7(6-24-10)4-17-20-22/h3-4,9-10H,1-2,5-6H2,(H,18,19). The van der Waals surface area contributed by atoms with Crippen LogP contribution in [-0.4, -0.2) is 55.2 Å².